The SMILES string of the molecule is CCCCCn1c(=O)c(C(=O)NN=Cc2cccc(Br)c2)c(O)c2ccccc21. The number of rotatable bonds is 7. The van der Waals surface area contributed by atoms with Crippen LogP contribution in [0.3, 0.4) is 0 Å². The first-order valence-corrected chi connectivity index (χ1v) is 10.3. The van der Waals surface area contributed by atoms with Crippen LogP contribution in [0.4, 0.5) is 0 Å². The highest BCUT2D eigenvalue weighted by atomic mass is 79.9. The molecular formula is C22H22BrN3O3. The average Bonchev–Trinajstić information content (AvgIpc) is 2.71. The van der Waals surface area contributed by atoms with E-state index in [2.05, 4.69) is 33.4 Å². The lowest BCUT2D eigenvalue weighted by molar-refractivity contribution is 0.0950. The van der Waals surface area contributed by atoms with Gasteiger partial charge in [-0.3, -0.25) is 9.59 Å². The molecule has 0 aliphatic rings. The van der Waals surface area contributed by atoms with Gasteiger partial charge in [-0.1, -0.05) is 60.0 Å². The smallest absolute Gasteiger partial charge is 0.280 e. The molecule has 0 atom stereocenters. The third-order valence-electron chi connectivity index (χ3n) is 4.59. The first kappa shape index (κ1) is 20.8. The molecule has 0 saturated heterocycles. The fourth-order valence-corrected chi connectivity index (χ4v) is 3.56. The van der Waals surface area contributed by atoms with Gasteiger partial charge in [0.1, 0.15) is 11.3 Å². The van der Waals surface area contributed by atoms with E-state index in [1.54, 1.807) is 28.8 Å². The monoisotopic (exact) mass is 455 g/mol. The molecular weight excluding hydrogens is 434 g/mol. The van der Waals surface area contributed by atoms with Gasteiger partial charge in [-0.15, -0.1) is 0 Å². The molecule has 0 radical (unpaired) electrons. The van der Waals surface area contributed by atoms with E-state index in [0.29, 0.717) is 17.4 Å². The second-order valence-electron chi connectivity index (χ2n) is 6.66. The number of hydrogen-bond acceptors (Lipinski definition) is 4. The molecule has 2 aromatic carbocycles. The highest BCUT2D eigenvalue weighted by molar-refractivity contribution is 9.10. The van der Waals surface area contributed by atoms with Crippen molar-refractivity contribution in [1.82, 2.24) is 9.99 Å². The summed E-state index contributed by atoms with van der Waals surface area (Å²) in [6, 6.07) is 14.4. The summed E-state index contributed by atoms with van der Waals surface area (Å²) < 4.78 is 2.44. The van der Waals surface area contributed by atoms with Crippen molar-refractivity contribution in [2.24, 2.45) is 5.10 Å². The number of fused-ring (bicyclic) bond motifs is 1. The van der Waals surface area contributed by atoms with E-state index in [1.807, 2.05) is 24.3 Å². The number of nitrogens with zero attached hydrogens (tertiary/aromatic N) is 2. The van der Waals surface area contributed by atoms with E-state index in [9.17, 15) is 14.7 Å². The number of pyridine rings is 1. The maximum absolute atomic E-state index is 13.0. The zero-order valence-corrected chi connectivity index (χ0v) is 17.6. The van der Waals surface area contributed by atoms with Crippen molar-refractivity contribution in [1.29, 1.82) is 0 Å². The van der Waals surface area contributed by atoms with Crippen molar-refractivity contribution in [2.45, 2.75) is 32.7 Å². The number of hydrazone groups is 1. The van der Waals surface area contributed by atoms with Crippen LogP contribution in [-0.2, 0) is 6.54 Å². The predicted molar refractivity (Wildman–Crippen MR) is 119 cm³/mol. The molecule has 3 aromatic rings. The third kappa shape index (κ3) is 4.74. The minimum Gasteiger partial charge on any atom is -0.506 e. The van der Waals surface area contributed by atoms with Crippen LogP contribution < -0.4 is 11.0 Å². The minimum absolute atomic E-state index is 0.299. The van der Waals surface area contributed by atoms with Crippen LogP contribution in [0.1, 0.15) is 42.1 Å². The lowest BCUT2D eigenvalue weighted by Gasteiger charge is -2.14. The summed E-state index contributed by atoms with van der Waals surface area (Å²) in [4.78, 5) is 25.7. The number of hydrogen-bond donors (Lipinski definition) is 2. The van der Waals surface area contributed by atoms with Gasteiger partial charge in [0.05, 0.1) is 11.7 Å². The van der Waals surface area contributed by atoms with Crippen LogP contribution in [-0.4, -0.2) is 21.8 Å². The summed E-state index contributed by atoms with van der Waals surface area (Å²) >= 11 is 3.37. The van der Waals surface area contributed by atoms with Crippen molar-refractivity contribution in [3.8, 4) is 5.75 Å². The van der Waals surface area contributed by atoms with Crippen LogP contribution in [0, 0.1) is 0 Å². The lowest BCUT2D eigenvalue weighted by Crippen LogP contribution is -2.31. The Balaban J connectivity index is 1.95. The van der Waals surface area contributed by atoms with Crippen LogP contribution in [0.15, 0.2) is 62.9 Å². The molecule has 0 fully saturated rings. The Morgan fingerprint density at radius 2 is 2.00 bits per heavy atom. The molecule has 0 aliphatic carbocycles. The molecule has 0 unspecified atom stereocenters. The van der Waals surface area contributed by atoms with Gasteiger partial charge in [0.2, 0.25) is 0 Å². The van der Waals surface area contributed by atoms with Gasteiger partial charge in [0, 0.05) is 16.4 Å². The van der Waals surface area contributed by atoms with E-state index in [-0.39, 0.29) is 11.3 Å². The average molecular weight is 456 g/mol. The molecule has 1 heterocycles. The molecule has 0 saturated carbocycles. The zero-order valence-electron chi connectivity index (χ0n) is 16.1. The number of amides is 1. The predicted octanol–water partition coefficient (Wildman–Crippen LogP) is 4.42. The molecule has 150 valence electrons. The Morgan fingerprint density at radius 1 is 1.21 bits per heavy atom. The van der Waals surface area contributed by atoms with E-state index in [0.717, 1.165) is 29.3 Å². The molecule has 0 bridgehead atoms. The van der Waals surface area contributed by atoms with Gasteiger partial charge in [-0.2, -0.15) is 5.10 Å². The van der Waals surface area contributed by atoms with Crippen molar-refractivity contribution >= 4 is 39.0 Å². The first-order chi connectivity index (χ1) is 14.0. The van der Waals surface area contributed by atoms with Gasteiger partial charge in [0.15, 0.2) is 0 Å². The highest BCUT2D eigenvalue weighted by Gasteiger charge is 2.21. The minimum atomic E-state index is -0.742. The normalized spacial score (nSPS) is 11.2. The summed E-state index contributed by atoms with van der Waals surface area (Å²) in [7, 11) is 0. The van der Waals surface area contributed by atoms with E-state index in [4.69, 9.17) is 0 Å². The van der Waals surface area contributed by atoms with Crippen molar-refractivity contribution in [2.75, 3.05) is 0 Å². The second-order valence-corrected chi connectivity index (χ2v) is 7.57. The number of aromatic nitrogens is 1. The number of benzene rings is 2. The van der Waals surface area contributed by atoms with Crippen LogP contribution in [0.2, 0.25) is 0 Å². The molecule has 0 aliphatic heterocycles. The van der Waals surface area contributed by atoms with Gasteiger partial charge in [-0.05, 0) is 36.2 Å². The maximum atomic E-state index is 13.0. The molecule has 0 spiro atoms. The number of carbonyl (C=O) groups is 1. The molecule has 2 N–H and O–H groups in total. The number of unbranched alkanes of at least 4 members (excludes halogenated alkanes) is 2. The molecule has 1 aromatic heterocycles. The summed E-state index contributed by atoms with van der Waals surface area (Å²) in [6.45, 7) is 2.56. The van der Waals surface area contributed by atoms with E-state index in [1.165, 1.54) is 6.21 Å². The van der Waals surface area contributed by atoms with Gasteiger partial charge in [0.25, 0.3) is 11.5 Å². The Hall–Kier alpha value is -2.93. The molecule has 6 nitrogen and oxygen atoms in total. The first-order valence-electron chi connectivity index (χ1n) is 9.46. The van der Waals surface area contributed by atoms with Gasteiger partial charge < -0.3 is 9.67 Å². The van der Waals surface area contributed by atoms with Crippen molar-refractivity contribution in [3.63, 3.8) is 0 Å². The second kappa shape index (κ2) is 9.52. The van der Waals surface area contributed by atoms with Gasteiger partial charge >= 0.3 is 0 Å². The van der Waals surface area contributed by atoms with Gasteiger partial charge in [-0.25, -0.2) is 5.43 Å². The Morgan fingerprint density at radius 3 is 2.76 bits per heavy atom. The van der Waals surface area contributed by atoms with E-state index >= 15 is 0 Å². The number of nitrogens with one attached hydrogen (secondary N) is 1. The quantitative estimate of drug-likeness (QED) is 0.314. The Kier molecular flexibility index (Phi) is 6.82. The largest absolute Gasteiger partial charge is 0.506 e. The molecule has 3 rings (SSSR count). The maximum Gasteiger partial charge on any atom is 0.280 e. The highest BCUT2D eigenvalue weighted by Crippen LogP contribution is 2.26. The number of para-hydroxylation sites is 1. The molecule has 7 heteroatoms. The van der Waals surface area contributed by atoms with Crippen molar-refractivity contribution < 1.29 is 9.90 Å². The third-order valence-corrected chi connectivity index (χ3v) is 5.08. The lowest BCUT2D eigenvalue weighted by atomic mass is 10.1. The molecule has 1 amide bonds. The van der Waals surface area contributed by atoms with Crippen LogP contribution in [0.25, 0.3) is 10.9 Å². The number of aryl methyl sites for hydroxylation is 1. The summed E-state index contributed by atoms with van der Waals surface area (Å²) in [6.07, 6.45) is 4.27. The standard InChI is InChI=1S/C22H22BrN3O3/c1-2-3-6-12-26-18-11-5-4-10-17(18)20(27)19(22(26)29)21(28)25-24-14-15-8-7-9-16(23)13-15/h4-5,7-11,13-14,27H,2-3,6,12H2,1H3,(H,25,28). The topological polar surface area (TPSA) is 83.7 Å². The summed E-state index contributed by atoms with van der Waals surface area (Å²) in [5.41, 5.74) is 2.92. The van der Waals surface area contributed by atoms with Crippen LogP contribution in [0.5, 0.6) is 5.75 Å². The zero-order chi connectivity index (χ0) is 20.8. The van der Waals surface area contributed by atoms with Crippen LogP contribution >= 0.6 is 15.9 Å². The summed E-state index contributed by atoms with van der Waals surface area (Å²) in [5, 5.41) is 15.0. The van der Waals surface area contributed by atoms with E-state index < -0.39 is 11.5 Å². The number of halogens is 1. The fourth-order valence-electron chi connectivity index (χ4n) is 3.14. The Labute approximate surface area is 177 Å². The Bertz CT molecular complexity index is 1120. The molecule has 29 heavy (non-hydrogen) atoms. The fraction of sp³-hybridized carbons (Fsp3) is 0.227. The van der Waals surface area contributed by atoms with Crippen molar-refractivity contribution in [3.05, 3.63) is 74.5 Å². The number of aromatic hydroxyl groups is 1. The number of carbonyl (C=O) groups excluding carboxylic acids is 1. The summed E-state index contributed by atoms with van der Waals surface area (Å²) in [5.74, 6) is -1.07.